The minimum atomic E-state index is -0.423. The summed E-state index contributed by atoms with van der Waals surface area (Å²) >= 11 is 0. The molecule has 0 bridgehead atoms. The molecule has 0 heterocycles. The lowest BCUT2D eigenvalue weighted by molar-refractivity contribution is -0.135. The molecule has 4 aliphatic rings. The quantitative estimate of drug-likeness (QED) is 0.674. The van der Waals surface area contributed by atoms with Crippen LogP contribution in [-0.4, -0.2) is 17.3 Å². The van der Waals surface area contributed by atoms with Gasteiger partial charge in [-0.05, 0) is 54.1 Å². The van der Waals surface area contributed by atoms with Gasteiger partial charge in [0.05, 0.1) is 0 Å². The highest BCUT2D eigenvalue weighted by Crippen LogP contribution is 2.64. The molecule has 0 saturated heterocycles. The monoisotopic (exact) mass is 368 g/mol. The van der Waals surface area contributed by atoms with Crippen molar-refractivity contribution in [1.29, 1.82) is 0 Å². The second-order valence-corrected chi connectivity index (χ2v) is 10.9. The highest BCUT2D eigenvalue weighted by molar-refractivity contribution is 5.97. The Morgan fingerprint density at radius 2 is 1.81 bits per heavy atom. The third-order valence-electron chi connectivity index (χ3n) is 8.32. The standard InChI is InChI=1S/C24H32O3/c1-22(2,3)21(27)17-13-19(26)24(5)11-9-18-16(20(17)24)7-6-14-12-15(25)8-10-23(14,18)4/h6-7,12,16-18,20H,8-11,13H2,1-5H3/t16-,17?,18+,20-,23+,24-/m1/s1. The van der Waals surface area contributed by atoms with Crippen molar-refractivity contribution in [2.24, 2.45) is 39.9 Å². The van der Waals surface area contributed by atoms with Crippen molar-refractivity contribution in [1.82, 2.24) is 0 Å². The number of carbonyl (C=O) groups is 3. The summed E-state index contributed by atoms with van der Waals surface area (Å²) in [5.74, 6) is 1.35. The summed E-state index contributed by atoms with van der Waals surface area (Å²) in [6, 6.07) is 0. The predicted molar refractivity (Wildman–Crippen MR) is 105 cm³/mol. The number of carbonyl (C=O) groups excluding carboxylic acids is 3. The maximum atomic E-state index is 13.3. The molecule has 4 rings (SSSR count). The van der Waals surface area contributed by atoms with E-state index in [1.54, 1.807) is 0 Å². The van der Waals surface area contributed by atoms with E-state index >= 15 is 0 Å². The molecule has 2 fully saturated rings. The smallest absolute Gasteiger partial charge is 0.156 e. The molecule has 3 heteroatoms. The largest absolute Gasteiger partial charge is 0.299 e. The fourth-order valence-corrected chi connectivity index (χ4v) is 6.69. The summed E-state index contributed by atoms with van der Waals surface area (Å²) < 4.78 is 0. The van der Waals surface area contributed by atoms with Gasteiger partial charge in [-0.3, -0.25) is 14.4 Å². The minimum Gasteiger partial charge on any atom is -0.299 e. The van der Waals surface area contributed by atoms with Crippen LogP contribution >= 0.6 is 0 Å². The SMILES string of the molecule is CC(C)(C)C(=O)C1CC(=O)[C@@]2(C)CC[C@H]3[C@@H](C=CC4=CC(=O)CC[C@@]43C)[C@H]12. The van der Waals surface area contributed by atoms with Gasteiger partial charge in [0.2, 0.25) is 0 Å². The number of Topliss-reactive ketones (excluding diaryl/α,β-unsaturated/α-hetero) is 2. The summed E-state index contributed by atoms with van der Waals surface area (Å²) in [5, 5.41) is 0. The van der Waals surface area contributed by atoms with Crippen LogP contribution in [0, 0.1) is 39.9 Å². The van der Waals surface area contributed by atoms with E-state index in [4.69, 9.17) is 0 Å². The first-order valence-corrected chi connectivity index (χ1v) is 10.5. The maximum absolute atomic E-state index is 13.3. The first-order valence-electron chi connectivity index (χ1n) is 10.5. The van der Waals surface area contributed by atoms with Crippen LogP contribution in [0.15, 0.2) is 23.8 Å². The van der Waals surface area contributed by atoms with E-state index in [1.165, 1.54) is 0 Å². The van der Waals surface area contributed by atoms with E-state index in [0.29, 0.717) is 18.8 Å². The second kappa shape index (κ2) is 5.75. The average Bonchev–Trinajstić information content (AvgIpc) is 2.85. The average molecular weight is 369 g/mol. The topological polar surface area (TPSA) is 51.2 Å². The molecular formula is C24H32O3. The van der Waals surface area contributed by atoms with Crippen molar-refractivity contribution in [2.75, 3.05) is 0 Å². The Morgan fingerprint density at radius 1 is 1.11 bits per heavy atom. The van der Waals surface area contributed by atoms with Gasteiger partial charge in [0.15, 0.2) is 5.78 Å². The minimum absolute atomic E-state index is 0.00434. The summed E-state index contributed by atoms with van der Waals surface area (Å²) in [7, 11) is 0. The van der Waals surface area contributed by atoms with Crippen LogP contribution in [0.4, 0.5) is 0 Å². The summed E-state index contributed by atoms with van der Waals surface area (Å²) in [5.41, 5.74) is 0.356. The Bertz CT molecular complexity index is 780. The lowest BCUT2D eigenvalue weighted by Crippen LogP contribution is -2.51. The normalized spacial score (nSPS) is 43.7. The zero-order chi connectivity index (χ0) is 19.8. The van der Waals surface area contributed by atoms with E-state index in [9.17, 15) is 14.4 Å². The van der Waals surface area contributed by atoms with Crippen molar-refractivity contribution in [2.45, 2.75) is 66.7 Å². The number of allylic oxidation sites excluding steroid dienone is 4. The van der Waals surface area contributed by atoms with Crippen LogP contribution in [0.5, 0.6) is 0 Å². The van der Waals surface area contributed by atoms with Crippen molar-refractivity contribution >= 4 is 17.3 Å². The van der Waals surface area contributed by atoms with Gasteiger partial charge in [-0.25, -0.2) is 0 Å². The third kappa shape index (κ3) is 2.57. The fraction of sp³-hybridized carbons (Fsp3) is 0.708. The summed E-state index contributed by atoms with van der Waals surface area (Å²) in [4.78, 5) is 38.2. The Labute approximate surface area is 162 Å². The van der Waals surface area contributed by atoms with Crippen molar-refractivity contribution in [3.05, 3.63) is 23.8 Å². The summed E-state index contributed by atoms with van der Waals surface area (Å²) in [6.45, 7) is 10.3. The third-order valence-corrected chi connectivity index (χ3v) is 8.32. The molecule has 0 aromatic heterocycles. The molecule has 0 aliphatic heterocycles. The molecular weight excluding hydrogens is 336 g/mol. The van der Waals surface area contributed by atoms with Crippen molar-refractivity contribution < 1.29 is 14.4 Å². The molecule has 0 spiro atoms. The van der Waals surface area contributed by atoms with Crippen LogP contribution in [0.3, 0.4) is 0 Å². The molecule has 3 nitrogen and oxygen atoms in total. The van der Waals surface area contributed by atoms with Gasteiger partial charge in [-0.1, -0.05) is 46.8 Å². The Morgan fingerprint density at radius 3 is 2.48 bits per heavy atom. The predicted octanol–water partition coefficient (Wildman–Crippen LogP) is 4.70. The number of hydrogen-bond acceptors (Lipinski definition) is 3. The Balaban J connectivity index is 1.79. The lowest BCUT2D eigenvalue weighted by atomic mass is 9.48. The Kier molecular flexibility index (Phi) is 4.01. The van der Waals surface area contributed by atoms with Crippen LogP contribution < -0.4 is 0 Å². The van der Waals surface area contributed by atoms with E-state index in [2.05, 4.69) is 26.0 Å². The van der Waals surface area contributed by atoms with Gasteiger partial charge in [-0.2, -0.15) is 0 Å². The van der Waals surface area contributed by atoms with Crippen molar-refractivity contribution in [3.63, 3.8) is 0 Å². The molecule has 0 amide bonds. The number of ketones is 3. The van der Waals surface area contributed by atoms with Gasteiger partial charge in [0.25, 0.3) is 0 Å². The molecule has 2 saturated carbocycles. The van der Waals surface area contributed by atoms with E-state index < -0.39 is 5.41 Å². The van der Waals surface area contributed by atoms with Gasteiger partial charge < -0.3 is 0 Å². The Hall–Kier alpha value is -1.51. The molecule has 1 unspecified atom stereocenters. The van der Waals surface area contributed by atoms with Crippen LogP contribution in [0.2, 0.25) is 0 Å². The lowest BCUT2D eigenvalue weighted by Gasteiger charge is -2.55. The summed E-state index contributed by atoms with van der Waals surface area (Å²) in [6.07, 6.45) is 9.99. The fourth-order valence-electron chi connectivity index (χ4n) is 6.69. The molecule has 6 atom stereocenters. The first-order chi connectivity index (χ1) is 12.5. The number of hydrogen-bond donors (Lipinski definition) is 0. The highest BCUT2D eigenvalue weighted by Gasteiger charge is 2.63. The molecule has 0 N–H and O–H groups in total. The first kappa shape index (κ1) is 18.8. The number of fused-ring (bicyclic) bond motifs is 5. The van der Waals surface area contributed by atoms with E-state index in [0.717, 1.165) is 24.8 Å². The van der Waals surface area contributed by atoms with Gasteiger partial charge in [0.1, 0.15) is 11.6 Å². The van der Waals surface area contributed by atoms with Crippen LogP contribution in [0.1, 0.15) is 66.7 Å². The van der Waals surface area contributed by atoms with E-state index in [1.807, 2.05) is 26.8 Å². The molecule has 0 aromatic rings. The highest BCUT2D eigenvalue weighted by atomic mass is 16.1. The maximum Gasteiger partial charge on any atom is 0.156 e. The van der Waals surface area contributed by atoms with Crippen molar-refractivity contribution in [3.8, 4) is 0 Å². The van der Waals surface area contributed by atoms with Gasteiger partial charge in [-0.15, -0.1) is 0 Å². The molecule has 146 valence electrons. The molecule has 0 aromatic carbocycles. The van der Waals surface area contributed by atoms with Gasteiger partial charge in [0, 0.05) is 29.6 Å². The zero-order valence-corrected chi connectivity index (χ0v) is 17.3. The second-order valence-electron chi connectivity index (χ2n) is 10.9. The molecule has 0 radical (unpaired) electrons. The number of rotatable bonds is 1. The van der Waals surface area contributed by atoms with Gasteiger partial charge >= 0.3 is 0 Å². The van der Waals surface area contributed by atoms with Crippen LogP contribution in [0.25, 0.3) is 0 Å². The van der Waals surface area contributed by atoms with Crippen LogP contribution in [-0.2, 0) is 14.4 Å². The van der Waals surface area contributed by atoms with E-state index in [-0.39, 0.29) is 45.9 Å². The zero-order valence-electron chi connectivity index (χ0n) is 17.3. The molecule has 27 heavy (non-hydrogen) atoms. The molecule has 4 aliphatic carbocycles.